The van der Waals surface area contributed by atoms with Gasteiger partial charge in [0.2, 0.25) is 5.91 Å². The summed E-state index contributed by atoms with van der Waals surface area (Å²) in [4.78, 5) is 18.5. The second kappa shape index (κ2) is 7.71. The minimum absolute atomic E-state index is 0.208. The van der Waals surface area contributed by atoms with Crippen LogP contribution < -0.4 is 5.73 Å². The van der Waals surface area contributed by atoms with Crippen LogP contribution in [0.2, 0.25) is 0 Å². The summed E-state index contributed by atoms with van der Waals surface area (Å²) < 4.78 is 0. The molecular formula is C13H28N4O. The molecule has 0 saturated carbocycles. The highest BCUT2D eigenvalue weighted by molar-refractivity contribution is 5.78. The summed E-state index contributed by atoms with van der Waals surface area (Å²) in [5, 5.41) is 0. The van der Waals surface area contributed by atoms with Gasteiger partial charge in [-0.05, 0) is 39.9 Å². The number of likely N-dealkylation sites (N-methyl/N-ethyl adjacent to an activating group) is 2. The molecule has 1 unspecified atom stereocenters. The molecule has 1 rings (SSSR count). The molecule has 0 radical (unpaired) electrons. The van der Waals surface area contributed by atoms with Gasteiger partial charge in [-0.25, -0.2) is 0 Å². The zero-order valence-electron chi connectivity index (χ0n) is 12.1. The highest BCUT2D eigenvalue weighted by Gasteiger charge is 2.22. The highest BCUT2D eigenvalue weighted by atomic mass is 16.2. The molecule has 1 aliphatic heterocycles. The van der Waals surface area contributed by atoms with E-state index in [1.54, 1.807) is 4.90 Å². The van der Waals surface area contributed by atoms with E-state index in [0.29, 0.717) is 19.1 Å². The lowest BCUT2D eigenvalue weighted by Crippen LogP contribution is -2.44. The SMILES string of the molecule is CC1CN(C)CCCN1CC(=O)N(C)CCCN. The van der Waals surface area contributed by atoms with E-state index >= 15 is 0 Å². The highest BCUT2D eigenvalue weighted by Crippen LogP contribution is 2.08. The minimum atomic E-state index is 0.208. The Morgan fingerprint density at radius 1 is 1.44 bits per heavy atom. The third-order valence-corrected chi connectivity index (χ3v) is 3.65. The molecule has 0 aliphatic carbocycles. The maximum Gasteiger partial charge on any atom is 0.236 e. The fourth-order valence-corrected chi connectivity index (χ4v) is 2.40. The summed E-state index contributed by atoms with van der Waals surface area (Å²) in [5.74, 6) is 0.208. The molecule has 5 heteroatoms. The molecule has 1 amide bonds. The van der Waals surface area contributed by atoms with E-state index in [1.165, 1.54) is 0 Å². The first-order valence-electron chi connectivity index (χ1n) is 6.91. The van der Waals surface area contributed by atoms with Crippen molar-refractivity contribution in [1.82, 2.24) is 14.7 Å². The van der Waals surface area contributed by atoms with Gasteiger partial charge in [0, 0.05) is 32.7 Å². The second-order valence-corrected chi connectivity index (χ2v) is 5.39. The average molecular weight is 256 g/mol. The van der Waals surface area contributed by atoms with Gasteiger partial charge in [0.15, 0.2) is 0 Å². The fourth-order valence-electron chi connectivity index (χ4n) is 2.40. The Morgan fingerprint density at radius 2 is 2.17 bits per heavy atom. The van der Waals surface area contributed by atoms with Crippen LogP contribution in [0.1, 0.15) is 19.8 Å². The van der Waals surface area contributed by atoms with Crippen molar-refractivity contribution in [3.8, 4) is 0 Å². The van der Waals surface area contributed by atoms with Gasteiger partial charge in [-0.1, -0.05) is 0 Å². The molecule has 0 bridgehead atoms. The lowest BCUT2D eigenvalue weighted by Gasteiger charge is -2.29. The van der Waals surface area contributed by atoms with Crippen LogP contribution in [0.4, 0.5) is 0 Å². The molecule has 0 aromatic carbocycles. The van der Waals surface area contributed by atoms with Crippen molar-refractivity contribution in [3.63, 3.8) is 0 Å². The van der Waals surface area contributed by atoms with Crippen molar-refractivity contribution in [2.24, 2.45) is 5.73 Å². The Labute approximate surface area is 111 Å². The molecule has 2 N–H and O–H groups in total. The molecule has 1 fully saturated rings. The topological polar surface area (TPSA) is 52.8 Å². The quantitative estimate of drug-likeness (QED) is 0.741. The molecule has 1 heterocycles. The molecule has 1 atom stereocenters. The molecule has 0 aromatic heterocycles. The van der Waals surface area contributed by atoms with Crippen molar-refractivity contribution >= 4 is 5.91 Å². The lowest BCUT2D eigenvalue weighted by atomic mass is 10.2. The maximum atomic E-state index is 12.1. The van der Waals surface area contributed by atoms with Crippen LogP contribution in [0.25, 0.3) is 0 Å². The number of carbonyl (C=O) groups is 1. The van der Waals surface area contributed by atoms with E-state index in [9.17, 15) is 4.79 Å². The molecule has 0 aromatic rings. The average Bonchev–Trinajstić information content (AvgIpc) is 2.48. The first-order chi connectivity index (χ1) is 8.54. The maximum absolute atomic E-state index is 12.1. The summed E-state index contributed by atoms with van der Waals surface area (Å²) >= 11 is 0. The second-order valence-electron chi connectivity index (χ2n) is 5.39. The number of hydrogen-bond donors (Lipinski definition) is 1. The number of nitrogens with two attached hydrogens (primary N) is 1. The molecule has 1 saturated heterocycles. The summed E-state index contributed by atoms with van der Waals surface area (Å²) in [5.41, 5.74) is 5.47. The Hall–Kier alpha value is -0.650. The van der Waals surface area contributed by atoms with Crippen LogP contribution in [-0.2, 0) is 4.79 Å². The van der Waals surface area contributed by atoms with Gasteiger partial charge in [-0.3, -0.25) is 9.69 Å². The van der Waals surface area contributed by atoms with Crippen LogP contribution in [-0.4, -0.2) is 80.0 Å². The first-order valence-corrected chi connectivity index (χ1v) is 6.91. The van der Waals surface area contributed by atoms with E-state index in [0.717, 1.165) is 39.0 Å². The zero-order chi connectivity index (χ0) is 13.5. The van der Waals surface area contributed by atoms with Gasteiger partial charge in [-0.2, -0.15) is 0 Å². The molecule has 0 spiro atoms. The van der Waals surface area contributed by atoms with Gasteiger partial charge in [0.05, 0.1) is 6.54 Å². The fraction of sp³-hybridized carbons (Fsp3) is 0.923. The number of amides is 1. The number of carbonyl (C=O) groups excluding carboxylic acids is 1. The minimum Gasteiger partial charge on any atom is -0.345 e. The Kier molecular flexibility index (Phi) is 6.60. The third-order valence-electron chi connectivity index (χ3n) is 3.65. The summed E-state index contributed by atoms with van der Waals surface area (Å²) in [6.45, 7) is 7.32. The zero-order valence-corrected chi connectivity index (χ0v) is 12.1. The summed E-state index contributed by atoms with van der Waals surface area (Å²) in [6.07, 6.45) is 2.02. The standard InChI is InChI=1S/C13H28N4O/c1-12-10-15(2)7-5-9-17(12)11-13(18)16(3)8-4-6-14/h12H,4-11,14H2,1-3H3. The summed E-state index contributed by atoms with van der Waals surface area (Å²) in [6, 6.07) is 0.448. The van der Waals surface area contributed by atoms with Crippen molar-refractivity contribution in [2.75, 3.05) is 53.4 Å². The molecule has 1 aliphatic rings. The van der Waals surface area contributed by atoms with Crippen LogP contribution in [0.5, 0.6) is 0 Å². The Bertz CT molecular complexity index is 259. The van der Waals surface area contributed by atoms with Crippen LogP contribution in [0.15, 0.2) is 0 Å². The third kappa shape index (κ3) is 4.92. The number of hydrogen-bond acceptors (Lipinski definition) is 4. The largest absolute Gasteiger partial charge is 0.345 e. The lowest BCUT2D eigenvalue weighted by molar-refractivity contribution is -0.131. The molecule has 106 valence electrons. The predicted octanol–water partition coefficient (Wildman–Crippen LogP) is -0.180. The van der Waals surface area contributed by atoms with Crippen LogP contribution in [0.3, 0.4) is 0 Å². The predicted molar refractivity (Wildman–Crippen MR) is 74.5 cm³/mol. The van der Waals surface area contributed by atoms with Crippen molar-refractivity contribution < 1.29 is 4.79 Å². The molecule has 18 heavy (non-hydrogen) atoms. The number of nitrogens with zero attached hydrogens (tertiary/aromatic N) is 3. The van der Waals surface area contributed by atoms with E-state index in [4.69, 9.17) is 5.73 Å². The van der Waals surface area contributed by atoms with Crippen LogP contribution in [0, 0.1) is 0 Å². The van der Waals surface area contributed by atoms with Gasteiger partial charge < -0.3 is 15.5 Å². The Morgan fingerprint density at radius 3 is 2.83 bits per heavy atom. The van der Waals surface area contributed by atoms with E-state index in [2.05, 4.69) is 23.8 Å². The van der Waals surface area contributed by atoms with Crippen molar-refractivity contribution in [1.29, 1.82) is 0 Å². The monoisotopic (exact) mass is 256 g/mol. The van der Waals surface area contributed by atoms with Crippen molar-refractivity contribution in [2.45, 2.75) is 25.8 Å². The van der Waals surface area contributed by atoms with Crippen molar-refractivity contribution in [3.05, 3.63) is 0 Å². The van der Waals surface area contributed by atoms with E-state index < -0.39 is 0 Å². The molecular weight excluding hydrogens is 228 g/mol. The van der Waals surface area contributed by atoms with Gasteiger partial charge in [0.25, 0.3) is 0 Å². The van der Waals surface area contributed by atoms with E-state index in [1.807, 2.05) is 7.05 Å². The molecule has 5 nitrogen and oxygen atoms in total. The normalized spacial score (nSPS) is 22.8. The Balaban J connectivity index is 2.42. The smallest absolute Gasteiger partial charge is 0.236 e. The van der Waals surface area contributed by atoms with Crippen LogP contribution >= 0.6 is 0 Å². The summed E-state index contributed by atoms with van der Waals surface area (Å²) in [7, 11) is 4.02. The van der Waals surface area contributed by atoms with Gasteiger partial charge in [-0.15, -0.1) is 0 Å². The van der Waals surface area contributed by atoms with E-state index in [-0.39, 0.29) is 5.91 Å². The number of rotatable bonds is 5. The first kappa shape index (κ1) is 15.4. The van der Waals surface area contributed by atoms with Gasteiger partial charge in [0.1, 0.15) is 0 Å². The van der Waals surface area contributed by atoms with Gasteiger partial charge >= 0.3 is 0 Å².